The maximum Gasteiger partial charge on any atom is 0.253 e. The van der Waals surface area contributed by atoms with Crippen LogP contribution in [0.15, 0.2) is 47.3 Å². The largest absolute Gasteiger partial charge is 0.395 e. The van der Waals surface area contributed by atoms with E-state index in [0.29, 0.717) is 22.2 Å². The molecule has 1 heterocycles. The van der Waals surface area contributed by atoms with Gasteiger partial charge >= 0.3 is 0 Å². The molecule has 5 nitrogen and oxygen atoms in total. The number of hydrogen-bond acceptors (Lipinski definition) is 3. The molecule has 0 amide bonds. The second kappa shape index (κ2) is 8.73. The lowest BCUT2D eigenvalue weighted by molar-refractivity contribution is 0.248. The van der Waals surface area contributed by atoms with Crippen LogP contribution in [0.1, 0.15) is 16.7 Å². The van der Waals surface area contributed by atoms with E-state index >= 15 is 0 Å². The van der Waals surface area contributed by atoms with Crippen molar-refractivity contribution in [3.63, 3.8) is 0 Å². The van der Waals surface area contributed by atoms with E-state index in [1.165, 1.54) is 0 Å². The van der Waals surface area contributed by atoms with E-state index in [0.717, 1.165) is 27.7 Å². The molecule has 0 bridgehead atoms. The number of rotatable bonds is 5. The Morgan fingerprint density at radius 3 is 2.68 bits per heavy atom. The summed E-state index contributed by atoms with van der Waals surface area (Å²) in [7, 11) is 0. The normalized spacial score (nSPS) is 10.9. The molecular weight excluding hydrogens is 394 g/mol. The number of aryl methyl sites for hydroxylation is 2. The number of aromatic amines is 1. The van der Waals surface area contributed by atoms with Gasteiger partial charge in [0.15, 0.2) is 5.11 Å². The van der Waals surface area contributed by atoms with Gasteiger partial charge in [-0.1, -0.05) is 17.7 Å². The fourth-order valence-corrected chi connectivity index (χ4v) is 3.45. The lowest BCUT2D eigenvalue weighted by atomic mass is 10.0. The smallest absolute Gasteiger partial charge is 0.253 e. The van der Waals surface area contributed by atoms with Crippen molar-refractivity contribution >= 4 is 45.5 Å². The predicted octanol–water partition coefficient (Wildman–Crippen LogP) is 3.99. The molecule has 7 heteroatoms. The average Bonchev–Trinajstić information content (AvgIpc) is 2.63. The highest BCUT2D eigenvalue weighted by Gasteiger charge is 2.14. The Morgan fingerprint density at radius 2 is 1.96 bits per heavy atom. The molecule has 3 N–H and O–H groups in total. The van der Waals surface area contributed by atoms with Crippen LogP contribution in [0.2, 0.25) is 5.02 Å². The van der Waals surface area contributed by atoms with Crippen LogP contribution in [0.5, 0.6) is 0 Å². The summed E-state index contributed by atoms with van der Waals surface area (Å²) < 4.78 is 0. The van der Waals surface area contributed by atoms with Crippen LogP contribution in [0.3, 0.4) is 0 Å². The lowest BCUT2D eigenvalue weighted by Crippen LogP contribution is -2.37. The average molecular weight is 416 g/mol. The number of fused-ring (bicyclic) bond motifs is 1. The first kappa shape index (κ1) is 20.3. The zero-order valence-corrected chi connectivity index (χ0v) is 17.3. The van der Waals surface area contributed by atoms with Crippen LogP contribution in [0, 0.1) is 13.8 Å². The summed E-state index contributed by atoms with van der Waals surface area (Å²) >= 11 is 11.5. The third-order valence-electron chi connectivity index (χ3n) is 4.63. The first-order valence-corrected chi connectivity index (χ1v) is 9.71. The van der Waals surface area contributed by atoms with Crippen LogP contribution in [-0.4, -0.2) is 33.3 Å². The van der Waals surface area contributed by atoms with Gasteiger partial charge < -0.3 is 20.3 Å². The summed E-state index contributed by atoms with van der Waals surface area (Å²) in [6.45, 7) is 4.56. The molecule has 0 unspecified atom stereocenters. The van der Waals surface area contributed by atoms with Crippen LogP contribution < -0.4 is 10.9 Å². The molecule has 2 aromatic carbocycles. The molecule has 3 rings (SSSR count). The van der Waals surface area contributed by atoms with Gasteiger partial charge in [-0.05, 0) is 79.0 Å². The van der Waals surface area contributed by atoms with E-state index in [4.69, 9.17) is 23.8 Å². The summed E-state index contributed by atoms with van der Waals surface area (Å²) in [6, 6.07) is 13.1. The van der Waals surface area contributed by atoms with Gasteiger partial charge in [-0.2, -0.15) is 0 Å². The topological polar surface area (TPSA) is 68.4 Å². The van der Waals surface area contributed by atoms with Crippen LogP contribution >= 0.6 is 23.8 Å². The zero-order valence-electron chi connectivity index (χ0n) is 15.8. The fourth-order valence-electron chi connectivity index (χ4n) is 2.99. The minimum Gasteiger partial charge on any atom is -0.395 e. The number of aliphatic hydroxyl groups excluding tert-OH is 1. The Balaban J connectivity index is 1.87. The Labute approximate surface area is 174 Å². The molecule has 0 saturated heterocycles. The molecule has 0 aliphatic heterocycles. The number of hydrogen-bond donors (Lipinski definition) is 3. The highest BCUT2D eigenvalue weighted by Crippen LogP contribution is 2.19. The van der Waals surface area contributed by atoms with Crippen molar-refractivity contribution < 1.29 is 5.11 Å². The summed E-state index contributed by atoms with van der Waals surface area (Å²) in [5.41, 5.74) is 4.27. The van der Waals surface area contributed by atoms with Crippen molar-refractivity contribution in [3.8, 4) is 0 Å². The van der Waals surface area contributed by atoms with E-state index in [1.54, 1.807) is 17.0 Å². The molecule has 0 aliphatic carbocycles. The second-order valence-electron chi connectivity index (χ2n) is 6.73. The highest BCUT2D eigenvalue weighted by molar-refractivity contribution is 7.80. The van der Waals surface area contributed by atoms with Crippen molar-refractivity contribution in [1.29, 1.82) is 0 Å². The Bertz CT molecular complexity index is 1080. The minimum absolute atomic E-state index is 0.0822. The van der Waals surface area contributed by atoms with Crippen molar-refractivity contribution in [3.05, 3.63) is 74.5 Å². The van der Waals surface area contributed by atoms with Crippen LogP contribution in [-0.2, 0) is 6.54 Å². The summed E-state index contributed by atoms with van der Waals surface area (Å²) in [5, 5.41) is 14.5. The van der Waals surface area contributed by atoms with Gasteiger partial charge in [-0.25, -0.2) is 0 Å². The second-order valence-corrected chi connectivity index (χ2v) is 7.56. The Morgan fingerprint density at radius 1 is 1.21 bits per heavy atom. The molecule has 3 aromatic rings. The van der Waals surface area contributed by atoms with Gasteiger partial charge in [-0.3, -0.25) is 4.79 Å². The minimum atomic E-state index is -0.163. The van der Waals surface area contributed by atoms with Crippen molar-refractivity contribution in [2.24, 2.45) is 0 Å². The van der Waals surface area contributed by atoms with Crippen LogP contribution in [0.4, 0.5) is 5.69 Å². The number of benzene rings is 2. The zero-order chi connectivity index (χ0) is 20.3. The van der Waals surface area contributed by atoms with Gasteiger partial charge in [0.2, 0.25) is 0 Å². The number of halogens is 1. The third-order valence-corrected chi connectivity index (χ3v) is 5.23. The van der Waals surface area contributed by atoms with Crippen LogP contribution in [0.25, 0.3) is 10.9 Å². The van der Waals surface area contributed by atoms with Crippen molar-refractivity contribution in [2.45, 2.75) is 20.4 Å². The van der Waals surface area contributed by atoms with E-state index in [2.05, 4.69) is 16.4 Å². The first-order chi connectivity index (χ1) is 13.4. The molecular formula is C21H22ClN3O2S. The highest BCUT2D eigenvalue weighted by atomic mass is 35.5. The first-order valence-electron chi connectivity index (χ1n) is 8.93. The van der Waals surface area contributed by atoms with E-state index in [9.17, 15) is 9.90 Å². The summed E-state index contributed by atoms with van der Waals surface area (Å²) in [4.78, 5) is 17.3. The standard InChI is InChI=1S/C21H22ClN3O2S/c1-13-8-15-10-16(20(27)24-19(15)9-14(13)2)12-25(6-7-26)21(28)23-18-5-3-4-17(22)11-18/h3-5,8-11,26H,6-7,12H2,1-2H3,(H,23,28)(H,24,27). The maximum absolute atomic E-state index is 12.6. The number of H-pyrrole nitrogens is 1. The quantitative estimate of drug-likeness (QED) is 0.550. The Hall–Kier alpha value is -2.41. The number of aliphatic hydroxyl groups is 1. The molecule has 0 radical (unpaired) electrons. The molecule has 0 aliphatic rings. The monoisotopic (exact) mass is 415 g/mol. The van der Waals surface area contributed by atoms with Gasteiger partial charge in [0.25, 0.3) is 5.56 Å². The number of nitrogens with zero attached hydrogens (tertiary/aromatic N) is 1. The molecule has 0 atom stereocenters. The van der Waals surface area contributed by atoms with Gasteiger partial charge in [0, 0.05) is 28.3 Å². The third kappa shape index (κ3) is 4.70. The molecule has 1 aromatic heterocycles. The Kier molecular flexibility index (Phi) is 6.34. The molecule has 0 fully saturated rings. The number of thiocarbonyl (C=S) groups is 1. The van der Waals surface area contributed by atoms with Gasteiger partial charge in [0.1, 0.15) is 0 Å². The molecule has 0 spiro atoms. The lowest BCUT2D eigenvalue weighted by Gasteiger charge is -2.25. The number of pyridine rings is 1. The predicted molar refractivity (Wildman–Crippen MR) is 119 cm³/mol. The fraction of sp³-hybridized carbons (Fsp3) is 0.238. The SMILES string of the molecule is Cc1cc2cc(CN(CCO)C(=S)Nc3cccc(Cl)c3)c(=O)[nH]c2cc1C. The van der Waals surface area contributed by atoms with Gasteiger partial charge in [-0.15, -0.1) is 0 Å². The summed E-state index contributed by atoms with van der Waals surface area (Å²) in [6.07, 6.45) is 0. The number of nitrogens with one attached hydrogen (secondary N) is 2. The molecule has 0 saturated carbocycles. The van der Waals surface area contributed by atoms with Gasteiger partial charge in [0.05, 0.1) is 13.2 Å². The molecule has 146 valence electrons. The van der Waals surface area contributed by atoms with E-state index in [1.807, 2.05) is 38.1 Å². The number of anilines is 1. The van der Waals surface area contributed by atoms with E-state index in [-0.39, 0.29) is 18.7 Å². The number of aromatic nitrogens is 1. The van der Waals surface area contributed by atoms with Crippen molar-refractivity contribution in [1.82, 2.24) is 9.88 Å². The van der Waals surface area contributed by atoms with Crippen molar-refractivity contribution in [2.75, 3.05) is 18.5 Å². The molecule has 28 heavy (non-hydrogen) atoms. The summed E-state index contributed by atoms with van der Waals surface area (Å²) in [5.74, 6) is 0. The van der Waals surface area contributed by atoms with E-state index < -0.39 is 0 Å². The maximum atomic E-state index is 12.6.